The highest BCUT2D eigenvalue weighted by atomic mass is 32.2. The van der Waals surface area contributed by atoms with Crippen molar-refractivity contribution in [1.29, 1.82) is 0 Å². The molecule has 8 nitrogen and oxygen atoms in total. The Morgan fingerprint density at radius 2 is 1.79 bits per heavy atom. The molecular weight excluding hydrogens is 334 g/mol. The van der Waals surface area contributed by atoms with Crippen LogP contribution in [0.2, 0.25) is 0 Å². The van der Waals surface area contributed by atoms with Crippen molar-refractivity contribution in [2.45, 2.75) is 31.3 Å². The van der Waals surface area contributed by atoms with Gasteiger partial charge >= 0.3 is 6.09 Å². The quantitative estimate of drug-likeness (QED) is 0.827. The fourth-order valence-corrected chi connectivity index (χ4v) is 2.70. The SMILES string of the molecule is COc1ccc(S(=O)(=O)NN=C2CN(C(=O)OC(C)(C)C)C2)cc1. The average molecular weight is 355 g/mol. The first kappa shape index (κ1) is 18.1. The van der Waals surface area contributed by atoms with Gasteiger partial charge in [-0.05, 0) is 45.0 Å². The van der Waals surface area contributed by atoms with Gasteiger partial charge in [0.25, 0.3) is 10.0 Å². The number of amides is 1. The Morgan fingerprint density at radius 1 is 1.21 bits per heavy atom. The molecule has 1 aromatic rings. The number of methoxy groups -OCH3 is 1. The predicted molar refractivity (Wildman–Crippen MR) is 88.6 cm³/mol. The number of ether oxygens (including phenoxy) is 2. The molecule has 0 aromatic heterocycles. The maximum absolute atomic E-state index is 12.1. The summed E-state index contributed by atoms with van der Waals surface area (Å²) in [6.45, 7) is 5.81. The number of benzene rings is 1. The molecule has 0 radical (unpaired) electrons. The molecule has 132 valence electrons. The number of carbonyl (C=O) groups is 1. The number of nitrogens with one attached hydrogen (secondary N) is 1. The van der Waals surface area contributed by atoms with Gasteiger partial charge in [0.15, 0.2) is 0 Å². The molecule has 0 unspecified atom stereocenters. The van der Waals surface area contributed by atoms with E-state index in [9.17, 15) is 13.2 Å². The minimum Gasteiger partial charge on any atom is -0.497 e. The van der Waals surface area contributed by atoms with Crippen LogP contribution >= 0.6 is 0 Å². The number of likely N-dealkylation sites (tertiary alicyclic amines) is 1. The van der Waals surface area contributed by atoms with E-state index in [1.165, 1.54) is 24.1 Å². The van der Waals surface area contributed by atoms with E-state index >= 15 is 0 Å². The number of hydrogen-bond donors (Lipinski definition) is 1. The van der Waals surface area contributed by atoms with Crippen LogP contribution in [0.4, 0.5) is 4.79 Å². The van der Waals surface area contributed by atoms with Gasteiger partial charge in [0.05, 0.1) is 30.8 Å². The third-order valence-electron chi connectivity index (χ3n) is 3.09. The average Bonchev–Trinajstić information content (AvgIpc) is 2.43. The van der Waals surface area contributed by atoms with Crippen molar-refractivity contribution in [3.8, 4) is 5.75 Å². The van der Waals surface area contributed by atoms with E-state index < -0.39 is 21.7 Å². The van der Waals surface area contributed by atoms with Crippen molar-refractivity contribution in [1.82, 2.24) is 9.73 Å². The zero-order valence-electron chi connectivity index (χ0n) is 14.1. The standard InChI is InChI=1S/C15H21N3O5S/c1-15(2,3)23-14(19)18-9-11(10-18)16-17-24(20,21)13-7-5-12(22-4)6-8-13/h5-8,17H,9-10H2,1-4H3. The lowest BCUT2D eigenvalue weighted by Gasteiger charge is -2.34. The zero-order chi connectivity index (χ0) is 18.0. The fourth-order valence-electron chi connectivity index (χ4n) is 1.85. The summed E-state index contributed by atoms with van der Waals surface area (Å²) in [5.74, 6) is 0.562. The van der Waals surface area contributed by atoms with Crippen molar-refractivity contribution >= 4 is 21.8 Å². The summed E-state index contributed by atoms with van der Waals surface area (Å²) in [7, 11) is -2.25. The molecule has 0 spiro atoms. The number of sulfonamides is 1. The second-order valence-corrected chi connectivity index (χ2v) is 7.95. The number of hydrogen-bond acceptors (Lipinski definition) is 6. The number of rotatable bonds is 4. The van der Waals surface area contributed by atoms with Crippen molar-refractivity contribution in [3.63, 3.8) is 0 Å². The monoisotopic (exact) mass is 355 g/mol. The van der Waals surface area contributed by atoms with Gasteiger partial charge in [0, 0.05) is 0 Å². The molecule has 0 atom stereocenters. The Morgan fingerprint density at radius 3 is 2.29 bits per heavy atom. The minimum absolute atomic E-state index is 0.0796. The Bertz CT molecular complexity index is 727. The van der Waals surface area contributed by atoms with E-state index in [0.29, 0.717) is 11.5 Å². The molecule has 1 saturated heterocycles. The largest absolute Gasteiger partial charge is 0.497 e. The van der Waals surface area contributed by atoms with Crippen molar-refractivity contribution < 1.29 is 22.7 Å². The third kappa shape index (κ3) is 4.60. The first-order valence-corrected chi connectivity index (χ1v) is 8.78. The summed E-state index contributed by atoms with van der Waals surface area (Å²) in [5.41, 5.74) is -0.0159. The zero-order valence-corrected chi connectivity index (χ0v) is 14.9. The first-order chi connectivity index (χ1) is 11.1. The maximum atomic E-state index is 12.1. The van der Waals surface area contributed by atoms with Gasteiger partial charge in [0.1, 0.15) is 11.4 Å². The van der Waals surface area contributed by atoms with Crippen molar-refractivity contribution in [3.05, 3.63) is 24.3 Å². The topological polar surface area (TPSA) is 97.3 Å². The molecular formula is C15H21N3O5S. The number of carbonyl (C=O) groups excluding carboxylic acids is 1. The molecule has 1 aliphatic rings. The van der Waals surface area contributed by atoms with Gasteiger partial charge in [-0.1, -0.05) is 0 Å². The lowest BCUT2D eigenvalue weighted by molar-refractivity contribution is 0.0264. The second kappa shape index (κ2) is 6.68. The van der Waals surface area contributed by atoms with E-state index in [-0.39, 0.29) is 18.0 Å². The Balaban J connectivity index is 1.91. The highest BCUT2D eigenvalue weighted by Crippen LogP contribution is 2.16. The molecule has 1 aliphatic heterocycles. The molecule has 1 aromatic carbocycles. The normalized spacial score (nSPS) is 14.7. The lowest BCUT2D eigenvalue weighted by Crippen LogP contribution is -2.52. The van der Waals surface area contributed by atoms with Gasteiger partial charge < -0.3 is 9.47 Å². The van der Waals surface area contributed by atoms with E-state index in [0.717, 1.165) is 0 Å². The molecule has 1 N–H and O–H groups in total. The van der Waals surface area contributed by atoms with E-state index in [1.807, 2.05) is 0 Å². The van der Waals surface area contributed by atoms with Crippen LogP contribution in [0.3, 0.4) is 0 Å². The summed E-state index contributed by atoms with van der Waals surface area (Å²) in [6.07, 6.45) is -0.445. The van der Waals surface area contributed by atoms with Crippen molar-refractivity contribution in [2.75, 3.05) is 20.2 Å². The Hall–Kier alpha value is -2.29. The molecule has 1 heterocycles. The first-order valence-electron chi connectivity index (χ1n) is 7.30. The highest BCUT2D eigenvalue weighted by Gasteiger charge is 2.31. The lowest BCUT2D eigenvalue weighted by atomic mass is 10.2. The summed E-state index contributed by atoms with van der Waals surface area (Å²) in [6, 6.07) is 5.95. The van der Waals surface area contributed by atoms with Gasteiger partial charge in [-0.3, -0.25) is 4.90 Å². The third-order valence-corrected chi connectivity index (χ3v) is 4.32. The van der Waals surface area contributed by atoms with E-state index in [4.69, 9.17) is 9.47 Å². The summed E-state index contributed by atoms with van der Waals surface area (Å²) in [4.78, 5) is 15.4. The van der Waals surface area contributed by atoms with Crippen molar-refractivity contribution in [2.24, 2.45) is 5.10 Å². The molecule has 9 heteroatoms. The van der Waals surface area contributed by atoms with Crippen LogP contribution < -0.4 is 9.57 Å². The molecule has 2 rings (SSSR count). The number of hydrazone groups is 1. The number of nitrogens with zero attached hydrogens (tertiary/aromatic N) is 2. The van der Waals surface area contributed by atoms with Crippen LogP contribution in [0.25, 0.3) is 0 Å². The van der Waals surface area contributed by atoms with E-state index in [1.54, 1.807) is 32.9 Å². The molecule has 1 fully saturated rings. The van der Waals surface area contributed by atoms with Crippen LogP contribution in [0.1, 0.15) is 20.8 Å². The Labute approximate surface area is 141 Å². The molecule has 0 bridgehead atoms. The van der Waals surface area contributed by atoms with Gasteiger partial charge in [-0.2, -0.15) is 18.4 Å². The van der Waals surface area contributed by atoms with Crippen LogP contribution in [-0.4, -0.2) is 50.9 Å². The fraction of sp³-hybridized carbons (Fsp3) is 0.467. The molecule has 0 saturated carbocycles. The van der Waals surface area contributed by atoms with Crippen LogP contribution in [-0.2, 0) is 14.8 Å². The van der Waals surface area contributed by atoms with Crippen LogP contribution in [0, 0.1) is 0 Å². The summed E-state index contributed by atoms with van der Waals surface area (Å²) >= 11 is 0. The Kier molecular flexibility index (Phi) is 5.02. The predicted octanol–water partition coefficient (Wildman–Crippen LogP) is 1.58. The van der Waals surface area contributed by atoms with Crippen LogP contribution in [0.15, 0.2) is 34.3 Å². The molecule has 0 aliphatic carbocycles. The second-order valence-electron chi connectivity index (χ2n) is 6.28. The van der Waals surface area contributed by atoms with Crippen LogP contribution in [0.5, 0.6) is 5.75 Å². The molecule has 1 amide bonds. The highest BCUT2D eigenvalue weighted by molar-refractivity contribution is 7.89. The maximum Gasteiger partial charge on any atom is 0.410 e. The minimum atomic E-state index is -3.75. The summed E-state index contributed by atoms with van der Waals surface area (Å²) in [5, 5.41) is 3.85. The van der Waals surface area contributed by atoms with Gasteiger partial charge in [0.2, 0.25) is 0 Å². The molecule has 24 heavy (non-hydrogen) atoms. The smallest absolute Gasteiger partial charge is 0.410 e. The van der Waals surface area contributed by atoms with E-state index in [2.05, 4.69) is 9.93 Å². The van der Waals surface area contributed by atoms with Gasteiger partial charge in [-0.15, -0.1) is 0 Å². The van der Waals surface area contributed by atoms with Gasteiger partial charge in [-0.25, -0.2) is 4.79 Å². The summed E-state index contributed by atoms with van der Waals surface area (Å²) < 4.78 is 34.4.